The molecule has 1 saturated heterocycles. The number of carbonyl (C=O) groups is 3. The summed E-state index contributed by atoms with van der Waals surface area (Å²) < 4.78 is 52.0. The lowest BCUT2D eigenvalue weighted by molar-refractivity contribution is -0.127. The maximum Gasteiger partial charge on any atom is 0.416 e. The van der Waals surface area contributed by atoms with Crippen LogP contribution in [0.15, 0.2) is 53.1 Å². The molecule has 8 nitrogen and oxygen atoms in total. The van der Waals surface area contributed by atoms with Crippen LogP contribution < -0.4 is 15.4 Å². The third-order valence-corrected chi connectivity index (χ3v) is 8.50. The van der Waals surface area contributed by atoms with Gasteiger partial charge in [0.05, 0.1) is 29.7 Å². The number of ether oxygens (including phenoxy) is 2. The molecule has 3 aliphatic rings. The van der Waals surface area contributed by atoms with Crippen molar-refractivity contribution in [3.05, 3.63) is 58.7 Å². The van der Waals surface area contributed by atoms with Gasteiger partial charge in [0.15, 0.2) is 0 Å². The molecule has 1 aromatic carbocycles. The van der Waals surface area contributed by atoms with Crippen LogP contribution in [-0.2, 0) is 14.3 Å². The summed E-state index contributed by atoms with van der Waals surface area (Å²) in [5.74, 6) is -0.596. The summed E-state index contributed by atoms with van der Waals surface area (Å²) in [5, 5.41) is 5.83. The van der Waals surface area contributed by atoms with E-state index < -0.39 is 23.8 Å². The van der Waals surface area contributed by atoms with Gasteiger partial charge in [-0.2, -0.15) is 13.2 Å². The van der Waals surface area contributed by atoms with Crippen molar-refractivity contribution >= 4 is 23.4 Å². The van der Waals surface area contributed by atoms with Crippen LogP contribution in [-0.4, -0.2) is 66.7 Å². The molecular weight excluding hydrogens is 575 g/mol. The Labute approximate surface area is 256 Å². The maximum atomic E-state index is 13.7. The summed E-state index contributed by atoms with van der Waals surface area (Å²) in [7, 11) is 1.71. The molecule has 2 heterocycles. The normalized spacial score (nSPS) is 23.2. The third kappa shape index (κ3) is 8.31. The zero-order valence-corrected chi connectivity index (χ0v) is 25.8. The number of rotatable bonds is 7. The number of amides is 3. The lowest BCUT2D eigenvalue weighted by atomic mass is 10.0. The maximum absolute atomic E-state index is 13.7. The molecule has 0 spiro atoms. The molecule has 240 valence electrons. The topological polar surface area (TPSA) is 97.0 Å². The molecule has 4 rings (SSSR count). The summed E-state index contributed by atoms with van der Waals surface area (Å²) in [5.41, 5.74) is 0.287. The number of anilines is 1. The van der Waals surface area contributed by atoms with Gasteiger partial charge in [-0.15, -0.1) is 0 Å². The van der Waals surface area contributed by atoms with Crippen molar-refractivity contribution in [1.29, 1.82) is 0 Å². The van der Waals surface area contributed by atoms with Crippen molar-refractivity contribution in [3.63, 3.8) is 0 Å². The average Bonchev–Trinajstić information content (AvgIpc) is 3.38. The number of benzene rings is 1. The number of fused-ring (bicyclic) bond motifs is 2. The number of hydrogen-bond acceptors (Lipinski definition) is 5. The molecule has 2 fully saturated rings. The summed E-state index contributed by atoms with van der Waals surface area (Å²) in [4.78, 5) is 41.1. The molecule has 0 unspecified atom stereocenters. The van der Waals surface area contributed by atoms with Crippen molar-refractivity contribution < 1.29 is 37.0 Å². The smallest absolute Gasteiger partial charge is 0.416 e. The average molecular weight is 618 g/mol. The predicted molar refractivity (Wildman–Crippen MR) is 161 cm³/mol. The molecule has 3 atom stereocenters. The van der Waals surface area contributed by atoms with Crippen molar-refractivity contribution in [2.24, 2.45) is 0 Å². The van der Waals surface area contributed by atoms with Gasteiger partial charge in [-0.25, -0.2) is 0 Å². The Morgan fingerprint density at radius 1 is 1.07 bits per heavy atom. The quantitative estimate of drug-likeness (QED) is 0.279. The zero-order valence-electron chi connectivity index (χ0n) is 25.8. The first kappa shape index (κ1) is 33.3. The van der Waals surface area contributed by atoms with Gasteiger partial charge in [-0.05, 0) is 83.2 Å². The van der Waals surface area contributed by atoms with Crippen LogP contribution in [0.4, 0.5) is 18.9 Å². The van der Waals surface area contributed by atoms with Gasteiger partial charge in [0.25, 0.3) is 11.8 Å². The van der Waals surface area contributed by atoms with E-state index >= 15 is 0 Å². The lowest BCUT2D eigenvalue weighted by Crippen LogP contribution is -2.49. The molecule has 1 aromatic rings. The second-order valence-electron chi connectivity index (χ2n) is 11.9. The van der Waals surface area contributed by atoms with E-state index in [1.807, 2.05) is 0 Å². The molecule has 1 saturated carbocycles. The molecule has 1 aliphatic carbocycles. The Kier molecular flexibility index (Phi) is 10.9. The van der Waals surface area contributed by atoms with Crippen LogP contribution in [0.5, 0.6) is 5.75 Å². The highest BCUT2D eigenvalue weighted by atomic mass is 19.4. The largest absolute Gasteiger partial charge is 0.490 e. The van der Waals surface area contributed by atoms with E-state index in [0.29, 0.717) is 29.9 Å². The minimum absolute atomic E-state index is 0.00848. The number of alkyl halides is 3. The van der Waals surface area contributed by atoms with Gasteiger partial charge in [0.2, 0.25) is 5.91 Å². The van der Waals surface area contributed by atoms with E-state index in [1.165, 1.54) is 13.0 Å². The van der Waals surface area contributed by atoms with E-state index in [1.54, 1.807) is 37.9 Å². The number of hydrogen-bond donors (Lipinski definition) is 2. The SMILES string of the molecule is C/C=C(\C=C/C(C(=O)Nc1ccc2c(c1)C(=O)N(C)[C@H]1CCC[C@@H](CC(=O)NC3CCCC3)O[C@H]1CO2)=C(C)C)C(F)(F)F. The Bertz CT molecular complexity index is 1330. The Morgan fingerprint density at radius 2 is 1.80 bits per heavy atom. The summed E-state index contributed by atoms with van der Waals surface area (Å²) in [6, 6.07) is 4.64. The molecule has 0 bridgehead atoms. The van der Waals surface area contributed by atoms with Crippen LogP contribution >= 0.6 is 0 Å². The second-order valence-corrected chi connectivity index (χ2v) is 11.9. The minimum atomic E-state index is -4.54. The highest BCUT2D eigenvalue weighted by molar-refractivity contribution is 6.07. The van der Waals surface area contributed by atoms with Gasteiger partial charge in [-0.1, -0.05) is 24.5 Å². The van der Waals surface area contributed by atoms with Crippen molar-refractivity contribution in [1.82, 2.24) is 10.2 Å². The lowest BCUT2D eigenvalue weighted by Gasteiger charge is -2.36. The molecular formula is C33H42F3N3O5. The molecule has 2 N–H and O–H groups in total. The summed E-state index contributed by atoms with van der Waals surface area (Å²) in [6.07, 6.45) is 4.46. The second kappa shape index (κ2) is 14.5. The van der Waals surface area contributed by atoms with Crippen LogP contribution in [0.3, 0.4) is 0 Å². The van der Waals surface area contributed by atoms with Crippen LogP contribution in [0, 0.1) is 0 Å². The fourth-order valence-corrected chi connectivity index (χ4v) is 6.06. The fourth-order valence-electron chi connectivity index (χ4n) is 6.06. The van der Waals surface area contributed by atoms with Crippen molar-refractivity contribution in [3.8, 4) is 5.75 Å². The van der Waals surface area contributed by atoms with Crippen LogP contribution in [0.2, 0.25) is 0 Å². The molecule has 11 heteroatoms. The highest BCUT2D eigenvalue weighted by Gasteiger charge is 2.38. The third-order valence-electron chi connectivity index (χ3n) is 8.50. The number of nitrogens with one attached hydrogen (secondary N) is 2. The number of nitrogens with zero attached hydrogens (tertiary/aromatic N) is 1. The molecule has 0 aromatic heterocycles. The predicted octanol–water partition coefficient (Wildman–Crippen LogP) is 6.25. The number of likely N-dealkylation sites (N-methyl/N-ethyl adjacent to an activating group) is 1. The number of allylic oxidation sites excluding steroid dienone is 4. The van der Waals surface area contributed by atoms with Gasteiger partial charge in [0, 0.05) is 24.4 Å². The zero-order chi connectivity index (χ0) is 32.0. The Morgan fingerprint density at radius 3 is 2.45 bits per heavy atom. The first-order valence-corrected chi connectivity index (χ1v) is 15.3. The van der Waals surface area contributed by atoms with Crippen LogP contribution in [0.1, 0.15) is 82.5 Å². The van der Waals surface area contributed by atoms with E-state index in [9.17, 15) is 27.6 Å². The van der Waals surface area contributed by atoms with Gasteiger partial charge in [0.1, 0.15) is 18.5 Å². The first-order chi connectivity index (χ1) is 20.9. The Hall–Kier alpha value is -3.60. The van der Waals surface area contributed by atoms with Gasteiger partial charge >= 0.3 is 6.18 Å². The van der Waals surface area contributed by atoms with E-state index in [2.05, 4.69) is 10.6 Å². The summed E-state index contributed by atoms with van der Waals surface area (Å²) in [6.45, 7) is 4.72. The molecule has 2 aliphatic heterocycles. The van der Waals surface area contributed by atoms with E-state index in [-0.39, 0.29) is 54.2 Å². The monoisotopic (exact) mass is 617 g/mol. The fraction of sp³-hybridized carbons (Fsp3) is 0.545. The number of carbonyl (C=O) groups excluding carboxylic acids is 3. The van der Waals surface area contributed by atoms with Crippen molar-refractivity contribution in [2.45, 2.75) is 103 Å². The standard InChI is InChI=1S/C33H42F3N3O5/c1-5-21(33(34,35)36)13-15-25(20(2)3)31(41)38-23-14-16-28-26(17-23)32(42)39(4)27-12-8-11-24(44-29(27)19-43-28)18-30(40)37-22-9-6-7-10-22/h5,13-17,22,24,27,29H,6-12,18-19H2,1-4H3,(H,37,40)(H,38,41)/b15-13-,21-5+/t24-,27-,29-/m0/s1. The molecule has 3 amide bonds. The molecule has 0 radical (unpaired) electrons. The Balaban J connectivity index is 1.46. The minimum Gasteiger partial charge on any atom is -0.490 e. The van der Waals surface area contributed by atoms with Gasteiger partial charge < -0.3 is 25.0 Å². The summed E-state index contributed by atoms with van der Waals surface area (Å²) >= 11 is 0. The number of halogens is 3. The molecule has 44 heavy (non-hydrogen) atoms. The van der Waals surface area contributed by atoms with Crippen LogP contribution in [0.25, 0.3) is 0 Å². The van der Waals surface area contributed by atoms with E-state index in [4.69, 9.17) is 9.47 Å². The van der Waals surface area contributed by atoms with E-state index in [0.717, 1.165) is 50.3 Å². The van der Waals surface area contributed by atoms with Gasteiger partial charge in [-0.3, -0.25) is 14.4 Å². The first-order valence-electron chi connectivity index (χ1n) is 15.3. The highest BCUT2D eigenvalue weighted by Crippen LogP contribution is 2.33. The van der Waals surface area contributed by atoms with Crippen molar-refractivity contribution in [2.75, 3.05) is 19.0 Å².